The zero-order chi connectivity index (χ0) is 14.0. The first-order valence-corrected chi connectivity index (χ1v) is 6.70. The van der Waals surface area contributed by atoms with Crippen molar-refractivity contribution in [2.45, 2.75) is 71.4 Å². The zero-order valence-corrected chi connectivity index (χ0v) is 12.3. The molecule has 0 heterocycles. The third-order valence-electron chi connectivity index (χ3n) is 3.63. The summed E-state index contributed by atoms with van der Waals surface area (Å²) in [6.45, 7) is 9.93. The number of hydrogen-bond donors (Lipinski definition) is 2. The number of ether oxygens (including phenoxy) is 1. The lowest BCUT2D eigenvalue weighted by Crippen LogP contribution is -2.55. The first kappa shape index (κ1) is 15.3. The number of alkyl carbamates (subject to hydrolysis) is 1. The van der Waals surface area contributed by atoms with Crippen LogP contribution < -0.4 is 5.32 Å². The molecule has 0 aliphatic heterocycles. The van der Waals surface area contributed by atoms with Crippen LogP contribution >= 0.6 is 0 Å². The summed E-state index contributed by atoms with van der Waals surface area (Å²) >= 11 is 0. The van der Waals surface area contributed by atoms with Crippen LogP contribution in [-0.4, -0.2) is 28.9 Å². The minimum Gasteiger partial charge on any atom is -0.444 e. The van der Waals surface area contributed by atoms with Gasteiger partial charge >= 0.3 is 6.09 Å². The van der Waals surface area contributed by atoms with Gasteiger partial charge in [0.05, 0.1) is 12.1 Å². The average Bonchev–Trinajstić information content (AvgIpc) is 2.19. The molecule has 0 atom stereocenters. The van der Waals surface area contributed by atoms with Crippen LogP contribution in [0.4, 0.5) is 4.79 Å². The lowest BCUT2D eigenvalue weighted by molar-refractivity contribution is 0.0259. The molecule has 1 aliphatic rings. The van der Waals surface area contributed by atoms with E-state index in [1.165, 1.54) is 0 Å². The van der Waals surface area contributed by atoms with Crippen molar-refractivity contribution in [1.82, 2.24) is 5.32 Å². The monoisotopic (exact) mass is 257 g/mol. The second-order valence-corrected chi connectivity index (χ2v) is 7.23. The van der Waals surface area contributed by atoms with Crippen LogP contribution in [0.15, 0.2) is 0 Å². The van der Waals surface area contributed by atoms with Crippen LogP contribution in [0.2, 0.25) is 0 Å². The number of carbonyl (C=O) groups excluding carboxylic acids is 1. The molecule has 4 heteroatoms. The molecule has 0 spiro atoms. The van der Waals surface area contributed by atoms with Crippen LogP contribution in [0.1, 0.15) is 60.3 Å². The standard InChI is InChI=1S/C14H27NO3/c1-12(2,3)18-11(17)15-14(10-16)8-6-13(4,5)7-9-14/h16H,6-10H2,1-5H3,(H,15,17). The molecule has 0 unspecified atom stereocenters. The fourth-order valence-corrected chi connectivity index (χ4v) is 2.25. The van der Waals surface area contributed by atoms with Gasteiger partial charge in [0, 0.05) is 0 Å². The Hall–Kier alpha value is -0.770. The lowest BCUT2D eigenvalue weighted by atomic mass is 9.70. The van der Waals surface area contributed by atoms with Gasteiger partial charge in [0.1, 0.15) is 5.60 Å². The number of aliphatic hydroxyl groups is 1. The molecule has 1 rings (SSSR count). The fourth-order valence-electron chi connectivity index (χ4n) is 2.25. The van der Waals surface area contributed by atoms with Gasteiger partial charge in [0.25, 0.3) is 0 Å². The molecule has 1 amide bonds. The van der Waals surface area contributed by atoms with Crippen LogP contribution in [0.5, 0.6) is 0 Å². The highest BCUT2D eigenvalue weighted by atomic mass is 16.6. The van der Waals surface area contributed by atoms with Crippen molar-refractivity contribution in [3.63, 3.8) is 0 Å². The highest BCUT2D eigenvalue weighted by molar-refractivity contribution is 5.68. The normalized spacial score (nSPS) is 22.3. The summed E-state index contributed by atoms with van der Waals surface area (Å²) in [5.41, 5.74) is -0.708. The number of hydrogen-bond acceptors (Lipinski definition) is 3. The molecular formula is C14H27NO3. The molecule has 18 heavy (non-hydrogen) atoms. The molecule has 0 bridgehead atoms. The van der Waals surface area contributed by atoms with E-state index in [9.17, 15) is 9.90 Å². The van der Waals surface area contributed by atoms with Crippen LogP contribution in [0.25, 0.3) is 0 Å². The summed E-state index contributed by atoms with van der Waals surface area (Å²) in [6, 6.07) is 0. The minimum absolute atomic E-state index is 0.0255. The van der Waals surface area contributed by atoms with Crippen molar-refractivity contribution in [3.8, 4) is 0 Å². The maximum Gasteiger partial charge on any atom is 0.408 e. The van der Waals surface area contributed by atoms with Crippen molar-refractivity contribution in [2.75, 3.05) is 6.61 Å². The smallest absolute Gasteiger partial charge is 0.408 e. The molecule has 0 aromatic carbocycles. The Labute approximate surface area is 110 Å². The third-order valence-corrected chi connectivity index (χ3v) is 3.63. The zero-order valence-electron chi connectivity index (χ0n) is 12.3. The molecule has 0 aromatic heterocycles. The number of nitrogens with one attached hydrogen (secondary N) is 1. The van der Waals surface area contributed by atoms with E-state index in [4.69, 9.17) is 4.74 Å². The number of aliphatic hydroxyl groups excluding tert-OH is 1. The largest absolute Gasteiger partial charge is 0.444 e. The van der Waals surface area contributed by atoms with E-state index in [1.807, 2.05) is 20.8 Å². The molecule has 1 fully saturated rings. The second kappa shape index (κ2) is 5.08. The highest BCUT2D eigenvalue weighted by Crippen LogP contribution is 2.40. The second-order valence-electron chi connectivity index (χ2n) is 7.23. The summed E-state index contributed by atoms with van der Waals surface area (Å²) < 4.78 is 5.26. The van der Waals surface area contributed by atoms with E-state index < -0.39 is 17.2 Å². The highest BCUT2D eigenvalue weighted by Gasteiger charge is 2.39. The first-order valence-electron chi connectivity index (χ1n) is 6.70. The first-order chi connectivity index (χ1) is 8.08. The van der Waals surface area contributed by atoms with Gasteiger partial charge in [-0.15, -0.1) is 0 Å². The van der Waals surface area contributed by atoms with Crippen molar-refractivity contribution in [3.05, 3.63) is 0 Å². The van der Waals surface area contributed by atoms with E-state index >= 15 is 0 Å². The van der Waals surface area contributed by atoms with Crippen LogP contribution in [0, 0.1) is 5.41 Å². The minimum atomic E-state index is -0.505. The molecule has 2 N–H and O–H groups in total. The topological polar surface area (TPSA) is 58.6 Å². The van der Waals surface area contributed by atoms with Gasteiger partial charge < -0.3 is 15.2 Å². The summed E-state index contributed by atoms with van der Waals surface area (Å²) in [6.07, 6.45) is 3.18. The van der Waals surface area contributed by atoms with Crippen LogP contribution in [-0.2, 0) is 4.74 Å². The number of amides is 1. The third kappa shape index (κ3) is 4.48. The predicted molar refractivity (Wildman–Crippen MR) is 71.4 cm³/mol. The van der Waals surface area contributed by atoms with E-state index in [-0.39, 0.29) is 6.61 Å². The van der Waals surface area contributed by atoms with E-state index in [0.29, 0.717) is 5.41 Å². The quantitative estimate of drug-likeness (QED) is 0.799. The van der Waals surface area contributed by atoms with Crippen molar-refractivity contribution >= 4 is 6.09 Å². The molecule has 1 aliphatic carbocycles. The van der Waals surface area contributed by atoms with E-state index in [2.05, 4.69) is 19.2 Å². The summed E-state index contributed by atoms with van der Waals surface area (Å²) in [7, 11) is 0. The van der Waals surface area contributed by atoms with Crippen molar-refractivity contribution in [2.24, 2.45) is 5.41 Å². The molecule has 4 nitrogen and oxygen atoms in total. The van der Waals surface area contributed by atoms with E-state index in [0.717, 1.165) is 25.7 Å². The van der Waals surface area contributed by atoms with Crippen molar-refractivity contribution < 1.29 is 14.6 Å². The van der Waals surface area contributed by atoms with Crippen molar-refractivity contribution in [1.29, 1.82) is 0 Å². The SMILES string of the molecule is CC1(C)CCC(CO)(NC(=O)OC(C)(C)C)CC1. The Kier molecular flexibility index (Phi) is 4.31. The average molecular weight is 257 g/mol. The Morgan fingerprint density at radius 2 is 1.72 bits per heavy atom. The summed E-state index contributed by atoms with van der Waals surface area (Å²) in [5, 5.41) is 12.5. The van der Waals surface area contributed by atoms with Gasteiger partial charge in [-0.05, 0) is 51.9 Å². The lowest BCUT2D eigenvalue weighted by Gasteiger charge is -2.43. The van der Waals surface area contributed by atoms with Crippen LogP contribution in [0.3, 0.4) is 0 Å². The molecular weight excluding hydrogens is 230 g/mol. The van der Waals surface area contributed by atoms with Gasteiger partial charge in [-0.2, -0.15) is 0 Å². The van der Waals surface area contributed by atoms with Gasteiger partial charge in [-0.1, -0.05) is 13.8 Å². The Bertz CT molecular complexity index is 295. The molecule has 0 aromatic rings. The predicted octanol–water partition coefficient (Wildman–Crippen LogP) is 2.84. The Balaban J connectivity index is 2.60. The molecule has 0 saturated heterocycles. The van der Waals surface area contributed by atoms with Gasteiger partial charge in [-0.3, -0.25) is 0 Å². The summed E-state index contributed by atoms with van der Waals surface area (Å²) in [4.78, 5) is 11.8. The Morgan fingerprint density at radius 3 is 2.11 bits per heavy atom. The maximum absolute atomic E-state index is 11.8. The number of carbonyl (C=O) groups is 1. The number of rotatable bonds is 2. The summed E-state index contributed by atoms with van der Waals surface area (Å²) in [5.74, 6) is 0. The fraction of sp³-hybridized carbons (Fsp3) is 0.929. The molecule has 0 radical (unpaired) electrons. The van der Waals surface area contributed by atoms with Gasteiger partial charge in [0.2, 0.25) is 0 Å². The molecule has 1 saturated carbocycles. The maximum atomic E-state index is 11.8. The van der Waals surface area contributed by atoms with Gasteiger partial charge in [0.15, 0.2) is 0 Å². The Morgan fingerprint density at radius 1 is 1.22 bits per heavy atom. The van der Waals surface area contributed by atoms with E-state index in [1.54, 1.807) is 0 Å². The van der Waals surface area contributed by atoms with Gasteiger partial charge in [-0.25, -0.2) is 4.79 Å². The molecule has 106 valence electrons.